The molecular weight excluding hydrogens is 228 g/mol. The predicted octanol–water partition coefficient (Wildman–Crippen LogP) is 0.302. The van der Waals surface area contributed by atoms with E-state index in [2.05, 4.69) is 0 Å². The second-order valence-corrected chi connectivity index (χ2v) is 3.29. The number of methoxy groups -OCH3 is 1. The molecule has 0 amide bonds. The fraction of sp³-hybridized carbons (Fsp3) is 0.400. The van der Waals surface area contributed by atoms with Crippen molar-refractivity contribution in [3.63, 3.8) is 0 Å². The molecule has 3 N–H and O–H groups in total. The van der Waals surface area contributed by atoms with E-state index in [1.807, 2.05) is 0 Å². The van der Waals surface area contributed by atoms with Gasteiger partial charge in [0.15, 0.2) is 0 Å². The number of nitro benzene ring substituents is 1. The number of benzene rings is 1. The summed E-state index contributed by atoms with van der Waals surface area (Å²) in [5.41, 5.74) is 5.02. The Hall–Kier alpha value is -1.86. The van der Waals surface area contributed by atoms with Crippen LogP contribution in [0.5, 0.6) is 11.5 Å². The molecule has 0 fully saturated rings. The van der Waals surface area contributed by atoms with Gasteiger partial charge in [0.1, 0.15) is 18.5 Å². The molecule has 0 saturated carbocycles. The molecule has 7 heteroatoms. The second kappa shape index (κ2) is 6.02. The normalized spacial score (nSPS) is 11.9. The van der Waals surface area contributed by atoms with Gasteiger partial charge in [-0.1, -0.05) is 0 Å². The lowest BCUT2D eigenvalue weighted by atomic mass is 10.3. The molecule has 0 radical (unpaired) electrons. The summed E-state index contributed by atoms with van der Waals surface area (Å²) in [4.78, 5) is 10.2. The zero-order valence-corrected chi connectivity index (χ0v) is 9.33. The number of nitrogens with zero attached hydrogens (tertiary/aromatic N) is 1. The summed E-state index contributed by atoms with van der Waals surface area (Å²) in [6.45, 7) is -0.0811. The van der Waals surface area contributed by atoms with Crippen molar-refractivity contribution in [2.24, 2.45) is 5.73 Å². The van der Waals surface area contributed by atoms with Gasteiger partial charge in [0.05, 0.1) is 12.0 Å². The van der Waals surface area contributed by atoms with Gasteiger partial charge < -0.3 is 20.3 Å². The first-order valence-corrected chi connectivity index (χ1v) is 4.91. The van der Waals surface area contributed by atoms with Crippen molar-refractivity contribution < 1.29 is 19.5 Å². The predicted molar refractivity (Wildman–Crippen MR) is 60.2 cm³/mol. The Morgan fingerprint density at radius 1 is 1.59 bits per heavy atom. The maximum absolute atomic E-state index is 10.7. The molecule has 1 atom stereocenters. The molecule has 0 aliphatic rings. The van der Waals surface area contributed by atoms with Crippen LogP contribution in [0.25, 0.3) is 0 Å². The van der Waals surface area contributed by atoms with Crippen LogP contribution < -0.4 is 15.2 Å². The summed E-state index contributed by atoms with van der Waals surface area (Å²) in [5, 5.41) is 20.0. The minimum Gasteiger partial charge on any atom is -0.497 e. The summed E-state index contributed by atoms with van der Waals surface area (Å²) < 4.78 is 10.1. The highest BCUT2D eigenvalue weighted by atomic mass is 16.6. The van der Waals surface area contributed by atoms with Gasteiger partial charge in [-0.15, -0.1) is 0 Å². The molecule has 1 aromatic carbocycles. The van der Waals surface area contributed by atoms with E-state index < -0.39 is 11.0 Å². The van der Waals surface area contributed by atoms with Crippen LogP contribution in [0.4, 0.5) is 5.69 Å². The SMILES string of the molecule is COc1ccc([N+](=O)[O-])c(OCC(O)CN)c1. The number of hydrogen-bond acceptors (Lipinski definition) is 6. The van der Waals surface area contributed by atoms with Crippen LogP contribution in [0.3, 0.4) is 0 Å². The summed E-state index contributed by atoms with van der Waals surface area (Å²) in [7, 11) is 1.44. The number of aliphatic hydroxyl groups is 1. The Balaban J connectivity index is 2.89. The van der Waals surface area contributed by atoms with Gasteiger partial charge in [0.25, 0.3) is 0 Å². The van der Waals surface area contributed by atoms with Gasteiger partial charge in [0, 0.05) is 18.7 Å². The molecule has 0 heterocycles. The minimum atomic E-state index is -0.860. The standard InChI is InChI=1S/C10H14N2O5/c1-16-8-2-3-9(12(14)15)10(4-8)17-6-7(13)5-11/h2-4,7,13H,5-6,11H2,1H3. The maximum atomic E-state index is 10.7. The van der Waals surface area contributed by atoms with Crippen molar-refractivity contribution in [3.05, 3.63) is 28.3 Å². The molecular formula is C10H14N2O5. The van der Waals surface area contributed by atoms with Gasteiger partial charge in [-0.2, -0.15) is 0 Å². The van der Waals surface area contributed by atoms with Crippen LogP contribution in [0, 0.1) is 10.1 Å². The van der Waals surface area contributed by atoms with Gasteiger partial charge >= 0.3 is 5.69 Å². The van der Waals surface area contributed by atoms with Crippen molar-refractivity contribution in [3.8, 4) is 11.5 Å². The number of nitro groups is 1. The topological polar surface area (TPSA) is 108 Å². The van der Waals surface area contributed by atoms with E-state index in [4.69, 9.17) is 15.2 Å². The molecule has 17 heavy (non-hydrogen) atoms. The van der Waals surface area contributed by atoms with E-state index in [1.54, 1.807) is 0 Å². The Bertz CT molecular complexity index is 396. The highest BCUT2D eigenvalue weighted by Crippen LogP contribution is 2.31. The lowest BCUT2D eigenvalue weighted by Gasteiger charge is -2.11. The van der Waals surface area contributed by atoms with E-state index in [0.717, 1.165) is 0 Å². The molecule has 0 aromatic heterocycles. The maximum Gasteiger partial charge on any atom is 0.311 e. The first-order valence-electron chi connectivity index (χ1n) is 4.91. The Kier molecular flexibility index (Phi) is 4.68. The number of nitrogens with two attached hydrogens (primary N) is 1. The van der Waals surface area contributed by atoms with Gasteiger partial charge in [-0.05, 0) is 6.07 Å². The molecule has 94 valence electrons. The third kappa shape index (κ3) is 3.58. The smallest absolute Gasteiger partial charge is 0.311 e. The molecule has 1 unspecified atom stereocenters. The fourth-order valence-corrected chi connectivity index (χ4v) is 1.14. The van der Waals surface area contributed by atoms with Crippen LogP contribution in [0.2, 0.25) is 0 Å². The van der Waals surface area contributed by atoms with E-state index in [1.165, 1.54) is 25.3 Å². The monoisotopic (exact) mass is 242 g/mol. The number of aliphatic hydroxyl groups excluding tert-OH is 1. The van der Waals surface area contributed by atoms with E-state index in [9.17, 15) is 15.2 Å². The van der Waals surface area contributed by atoms with Crippen LogP contribution in [-0.4, -0.2) is 36.4 Å². The van der Waals surface area contributed by atoms with Gasteiger partial charge in [0.2, 0.25) is 5.75 Å². The fourth-order valence-electron chi connectivity index (χ4n) is 1.14. The Labute approximate surface area is 97.9 Å². The molecule has 7 nitrogen and oxygen atoms in total. The van der Waals surface area contributed by atoms with Gasteiger partial charge in [-0.3, -0.25) is 10.1 Å². The van der Waals surface area contributed by atoms with Crippen molar-refractivity contribution in [2.45, 2.75) is 6.10 Å². The Morgan fingerprint density at radius 3 is 2.82 bits per heavy atom. The van der Waals surface area contributed by atoms with Crippen molar-refractivity contribution in [1.82, 2.24) is 0 Å². The minimum absolute atomic E-state index is 0.0256. The third-order valence-electron chi connectivity index (χ3n) is 2.07. The van der Waals surface area contributed by atoms with E-state index in [-0.39, 0.29) is 24.6 Å². The molecule has 0 saturated heterocycles. The average Bonchev–Trinajstić information content (AvgIpc) is 2.35. The highest BCUT2D eigenvalue weighted by Gasteiger charge is 2.17. The van der Waals surface area contributed by atoms with Crippen molar-refractivity contribution in [2.75, 3.05) is 20.3 Å². The summed E-state index contributed by atoms with van der Waals surface area (Å²) >= 11 is 0. The van der Waals surface area contributed by atoms with Gasteiger partial charge in [-0.25, -0.2) is 0 Å². The summed E-state index contributed by atoms with van der Waals surface area (Å²) in [5.74, 6) is 0.481. The van der Waals surface area contributed by atoms with E-state index in [0.29, 0.717) is 5.75 Å². The molecule has 1 aromatic rings. The lowest BCUT2D eigenvalue weighted by Crippen LogP contribution is -2.26. The van der Waals surface area contributed by atoms with Crippen LogP contribution in [0.15, 0.2) is 18.2 Å². The van der Waals surface area contributed by atoms with Crippen molar-refractivity contribution in [1.29, 1.82) is 0 Å². The Morgan fingerprint density at radius 2 is 2.29 bits per heavy atom. The molecule has 0 aliphatic heterocycles. The lowest BCUT2D eigenvalue weighted by molar-refractivity contribution is -0.385. The number of hydrogen-bond donors (Lipinski definition) is 2. The number of ether oxygens (including phenoxy) is 2. The highest BCUT2D eigenvalue weighted by molar-refractivity contribution is 5.50. The third-order valence-corrected chi connectivity index (χ3v) is 2.07. The van der Waals surface area contributed by atoms with Crippen LogP contribution >= 0.6 is 0 Å². The van der Waals surface area contributed by atoms with Crippen LogP contribution in [0.1, 0.15) is 0 Å². The first-order chi connectivity index (χ1) is 8.08. The first kappa shape index (κ1) is 13.2. The summed E-state index contributed by atoms with van der Waals surface area (Å²) in [6, 6.07) is 4.13. The van der Waals surface area contributed by atoms with Crippen molar-refractivity contribution >= 4 is 5.69 Å². The average molecular weight is 242 g/mol. The zero-order chi connectivity index (χ0) is 12.8. The zero-order valence-electron chi connectivity index (χ0n) is 9.33. The molecule has 0 aliphatic carbocycles. The van der Waals surface area contributed by atoms with E-state index >= 15 is 0 Å². The quantitative estimate of drug-likeness (QED) is 0.548. The molecule has 1 rings (SSSR count). The molecule has 0 bridgehead atoms. The van der Waals surface area contributed by atoms with Crippen LogP contribution in [-0.2, 0) is 0 Å². The largest absolute Gasteiger partial charge is 0.497 e. The summed E-state index contributed by atoms with van der Waals surface area (Å²) in [6.07, 6.45) is -0.860. The molecule has 0 spiro atoms. The second-order valence-electron chi connectivity index (χ2n) is 3.29. The number of rotatable bonds is 6.